The molecule has 0 radical (unpaired) electrons. The Kier molecular flexibility index (Phi) is 9.29. The molecule has 2 N–H and O–H groups in total. The van der Waals surface area contributed by atoms with Crippen LogP contribution in [0.25, 0.3) is 0 Å². The Morgan fingerprint density at radius 2 is 1.52 bits per heavy atom. The summed E-state index contributed by atoms with van der Waals surface area (Å²) in [4.78, 5) is 23.2. The Balaban J connectivity index is -0.00000133. The van der Waals surface area contributed by atoms with Gasteiger partial charge in [0.15, 0.2) is 5.41 Å². The van der Waals surface area contributed by atoms with Crippen molar-refractivity contribution in [1.82, 2.24) is 0 Å². The van der Waals surface area contributed by atoms with Gasteiger partial charge in [-0.25, -0.2) is 0 Å². The van der Waals surface area contributed by atoms with E-state index in [4.69, 9.17) is 0 Å². The minimum absolute atomic E-state index is 0. The van der Waals surface area contributed by atoms with Crippen molar-refractivity contribution in [2.24, 2.45) is 0 Å². The molecule has 1 rings (SSSR count). The predicted molar refractivity (Wildman–Crippen MR) is 84.7 cm³/mol. The number of carbonyl (C=O) groups is 2. The minimum Gasteiger partial charge on any atom is -1.00 e. The average molecular weight is 305 g/mol. The first kappa shape index (κ1) is 19.9. The second-order valence-electron chi connectivity index (χ2n) is 5.05. The van der Waals surface area contributed by atoms with E-state index in [1.54, 1.807) is 30.3 Å². The number of benzene rings is 1. The average Bonchev–Trinajstić information content (AvgIpc) is 2.43. The smallest absolute Gasteiger partial charge is 1.00 e. The number of hydrogen-bond donors (Lipinski definition) is 2. The zero-order chi connectivity index (χ0) is 15.0. The van der Waals surface area contributed by atoms with Gasteiger partial charge in [-0.3, -0.25) is 9.59 Å². The van der Waals surface area contributed by atoms with Crippen LogP contribution in [-0.2, 0) is 15.0 Å². The van der Waals surface area contributed by atoms with Crippen molar-refractivity contribution in [3.05, 3.63) is 35.9 Å². The number of carboxylic acids is 2. The number of hydrogen-bond acceptors (Lipinski definition) is 2. The van der Waals surface area contributed by atoms with Crippen molar-refractivity contribution in [1.29, 1.82) is 0 Å². The first-order valence-electron chi connectivity index (χ1n) is 7.08. The van der Waals surface area contributed by atoms with Crippen LogP contribution in [0.3, 0.4) is 0 Å². The predicted octanol–water partition coefficient (Wildman–Crippen LogP) is 3.30. The summed E-state index contributed by atoms with van der Waals surface area (Å²) in [6.45, 7) is 2.10. The van der Waals surface area contributed by atoms with Gasteiger partial charge in [0, 0.05) is 0 Å². The van der Waals surface area contributed by atoms with Crippen LogP contribution in [-0.4, -0.2) is 45.2 Å². The molecule has 0 bridgehead atoms. The first-order chi connectivity index (χ1) is 9.55. The molecule has 114 valence electrons. The van der Waals surface area contributed by atoms with Crippen LogP contribution >= 0.6 is 0 Å². The number of aliphatic carboxylic acids is 2. The summed E-state index contributed by atoms with van der Waals surface area (Å²) in [6, 6.07) is 8.25. The Morgan fingerprint density at radius 1 is 1.00 bits per heavy atom. The molecule has 0 saturated carbocycles. The van der Waals surface area contributed by atoms with Crippen LogP contribution < -0.4 is 0 Å². The summed E-state index contributed by atoms with van der Waals surface area (Å²) in [5.41, 5.74) is -1.48. The molecule has 0 aliphatic carbocycles. The van der Waals surface area contributed by atoms with E-state index in [0.717, 1.165) is 25.7 Å². The van der Waals surface area contributed by atoms with Crippen molar-refractivity contribution in [2.45, 2.75) is 50.9 Å². The molecule has 0 heterocycles. The van der Waals surface area contributed by atoms with Crippen LogP contribution in [0, 0.1) is 0 Å². The van der Waals surface area contributed by atoms with Crippen molar-refractivity contribution in [3.8, 4) is 0 Å². The third kappa shape index (κ3) is 5.00. The van der Waals surface area contributed by atoms with E-state index in [1.165, 1.54) is 0 Å². The zero-order valence-corrected chi connectivity index (χ0v) is 14.0. The van der Waals surface area contributed by atoms with Crippen LogP contribution in [0.15, 0.2) is 30.3 Å². The molecule has 0 fully saturated rings. The Morgan fingerprint density at radius 3 is 2.00 bits per heavy atom. The second kappa shape index (κ2) is 9.79. The number of carboxylic acid groups (broad SMARTS) is 2. The summed E-state index contributed by atoms with van der Waals surface area (Å²) < 4.78 is 0. The fraction of sp³-hybridized carbons (Fsp3) is 0.500. The van der Waals surface area contributed by atoms with Gasteiger partial charge in [-0.05, 0) is 12.0 Å². The van der Waals surface area contributed by atoms with Crippen molar-refractivity contribution in [3.63, 3.8) is 0 Å². The van der Waals surface area contributed by atoms with Gasteiger partial charge in [-0.15, -0.1) is 0 Å². The molecule has 0 aliphatic rings. The molecule has 0 saturated heterocycles. The van der Waals surface area contributed by atoms with Gasteiger partial charge in [0.2, 0.25) is 0 Å². The molecule has 0 spiro atoms. The quantitative estimate of drug-likeness (QED) is 0.417. The summed E-state index contributed by atoms with van der Waals surface area (Å²) in [5, 5.41) is 18.9. The summed E-state index contributed by atoms with van der Waals surface area (Å²) in [5.74, 6) is -2.57. The minimum atomic E-state index is -1.83. The summed E-state index contributed by atoms with van der Waals surface area (Å²) in [7, 11) is 0. The molecular weight excluding hydrogens is 280 g/mol. The molecule has 0 aromatic heterocycles. The van der Waals surface area contributed by atoms with E-state index in [-0.39, 0.29) is 32.3 Å². The van der Waals surface area contributed by atoms with Crippen LogP contribution in [0.5, 0.6) is 0 Å². The molecule has 1 aromatic rings. The van der Waals surface area contributed by atoms with Gasteiger partial charge >= 0.3 is 35.0 Å². The molecular formula is C16H24MgO4. The van der Waals surface area contributed by atoms with Crippen molar-refractivity contribution >= 4 is 35.0 Å². The molecule has 0 unspecified atom stereocenters. The number of rotatable bonds is 9. The van der Waals surface area contributed by atoms with Gasteiger partial charge in [-0.1, -0.05) is 69.4 Å². The van der Waals surface area contributed by atoms with E-state index >= 15 is 0 Å². The fourth-order valence-corrected chi connectivity index (χ4v) is 2.41. The maximum absolute atomic E-state index is 11.6. The van der Waals surface area contributed by atoms with Crippen molar-refractivity contribution < 1.29 is 22.7 Å². The Bertz CT molecular complexity index is 441. The van der Waals surface area contributed by atoms with E-state index < -0.39 is 17.4 Å². The van der Waals surface area contributed by atoms with Gasteiger partial charge in [0.1, 0.15) is 0 Å². The van der Waals surface area contributed by atoms with Gasteiger partial charge in [0.05, 0.1) is 0 Å². The fourth-order valence-electron chi connectivity index (χ4n) is 2.41. The molecule has 0 atom stereocenters. The van der Waals surface area contributed by atoms with Crippen LogP contribution in [0.2, 0.25) is 0 Å². The van der Waals surface area contributed by atoms with Gasteiger partial charge in [0.25, 0.3) is 0 Å². The van der Waals surface area contributed by atoms with E-state index in [1.807, 2.05) is 0 Å². The Labute approximate surface area is 144 Å². The SMILES string of the molecule is CCCCCCCC(C(=O)O)(C(=O)O)c1ccccc1.[H-].[H-].[Mg+2]. The molecule has 0 aliphatic heterocycles. The van der Waals surface area contributed by atoms with E-state index in [9.17, 15) is 19.8 Å². The topological polar surface area (TPSA) is 74.6 Å². The second-order valence-corrected chi connectivity index (χ2v) is 5.05. The third-order valence-electron chi connectivity index (χ3n) is 3.65. The molecule has 1 aromatic carbocycles. The normalized spacial score (nSPS) is 10.7. The zero-order valence-electron chi connectivity index (χ0n) is 14.5. The molecule has 0 amide bonds. The molecule has 4 nitrogen and oxygen atoms in total. The maximum atomic E-state index is 11.6. The standard InChI is InChI=1S/C16H22O4.Mg.2H/c1-2-3-4-5-9-12-16(14(17)18,15(19)20)13-10-7-6-8-11-13;;;/h6-8,10-11H,2-5,9,12H2,1H3,(H,17,18)(H,19,20);;;/q;+2;2*-1. The largest absolute Gasteiger partial charge is 2.00 e. The van der Waals surface area contributed by atoms with Gasteiger partial charge < -0.3 is 13.1 Å². The van der Waals surface area contributed by atoms with E-state index in [2.05, 4.69) is 6.92 Å². The van der Waals surface area contributed by atoms with Crippen LogP contribution in [0.1, 0.15) is 53.9 Å². The van der Waals surface area contributed by atoms with Crippen molar-refractivity contribution in [2.75, 3.05) is 0 Å². The van der Waals surface area contributed by atoms with Crippen LogP contribution in [0.4, 0.5) is 0 Å². The van der Waals surface area contributed by atoms with E-state index in [0.29, 0.717) is 12.0 Å². The van der Waals surface area contributed by atoms with Gasteiger partial charge in [-0.2, -0.15) is 0 Å². The maximum Gasteiger partial charge on any atom is 2.00 e. The third-order valence-corrected chi connectivity index (χ3v) is 3.65. The first-order valence-corrected chi connectivity index (χ1v) is 7.08. The molecule has 5 heteroatoms. The monoisotopic (exact) mass is 304 g/mol. The molecule has 21 heavy (non-hydrogen) atoms. The number of unbranched alkanes of at least 4 members (excludes halogenated alkanes) is 4. The summed E-state index contributed by atoms with van der Waals surface area (Å²) >= 11 is 0. The Hall–Kier alpha value is -1.07. The summed E-state index contributed by atoms with van der Waals surface area (Å²) in [6.07, 6.45) is 4.81.